The van der Waals surface area contributed by atoms with E-state index >= 15 is 0 Å². The lowest BCUT2D eigenvalue weighted by Crippen LogP contribution is -2.03. The molecule has 3 aromatic rings. The molecule has 0 spiro atoms. The number of halogens is 3. The molecule has 0 atom stereocenters. The van der Waals surface area contributed by atoms with Crippen LogP contribution < -0.4 is 0 Å². The highest BCUT2D eigenvalue weighted by molar-refractivity contribution is 7.98. The first kappa shape index (κ1) is 16.9. The van der Waals surface area contributed by atoms with Gasteiger partial charge < -0.3 is 0 Å². The van der Waals surface area contributed by atoms with Gasteiger partial charge in [0.2, 0.25) is 0 Å². The number of thioether (sulfide) groups is 1. The van der Waals surface area contributed by atoms with E-state index in [1.165, 1.54) is 35.2 Å². The molecule has 2 aromatic heterocycles. The third-order valence-corrected chi connectivity index (χ3v) is 5.10. The van der Waals surface area contributed by atoms with Crippen LogP contribution in [0, 0.1) is 6.92 Å². The molecule has 124 valence electrons. The van der Waals surface area contributed by atoms with E-state index in [0.717, 1.165) is 28.4 Å². The fourth-order valence-corrected chi connectivity index (χ4v) is 3.52. The van der Waals surface area contributed by atoms with E-state index in [9.17, 15) is 13.2 Å². The molecule has 3 nitrogen and oxygen atoms in total. The third kappa shape index (κ3) is 3.44. The predicted octanol–water partition coefficient (Wildman–Crippen LogP) is 5.32. The number of alkyl halides is 3. The normalized spacial score (nSPS) is 11.7. The summed E-state index contributed by atoms with van der Waals surface area (Å²) in [6, 6.07) is 6.83. The van der Waals surface area contributed by atoms with Crippen LogP contribution >= 0.6 is 23.1 Å². The largest absolute Gasteiger partial charge is 0.416 e. The Kier molecular flexibility index (Phi) is 4.60. The highest BCUT2D eigenvalue weighted by Gasteiger charge is 2.30. The van der Waals surface area contributed by atoms with Gasteiger partial charge in [0, 0.05) is 11.8 Å². The molecule has 0 amide bonds. The summed E-state index contributed by atoms with van der Waals surface area (Å²) in [4.78, 5) is 14.0. The molecule has 0 N–H and O–H groups in total. The standard InChI is InChI=1S/C16H12F3N3S2/c1-9-13(12-7-8-20-15(22-12)23-2)24-14(21-9)10-3-5-11(6-4-10)16(17,18)19/h3-8H,1-2H3. The molecule has 3 rings (SSSR count). The van der Waals surface area contributed by atoms with Crippen LogP contribution in [0.15, 0.2) is 41.7 Å². The lowest BCUT2D eigenvalue weighted by Gasteiger charge is -2.06. The van der Waals surface area contributed by atoms with E-state index in [-0.39, 0.29) is 0 Å². The van der Waals surface area contributed by atoms with Gasteiger partial charge in [-0.1, -0.05) is 23.9 Å². The number of hydrogen-bond acceptors (Lipinski definition) is 5. The van der Waals surface area contributed by atoms with Gasteiger partial charge >= 0.3 is 6.18 Å². The number of benzene rings is 1. The van der Waals surface area contributed by atoms with Gasteiger partial charge in [0.05, 0.1) is 21.8 Å². The first-order chi connectivity index (χ1) is 11.4. The van der Waals surface area contributed by atoms with Crippen molar-refractivity contribution in [2.45, 2.75) is 18.3 Å². The zero-order valence-corrected chi connectivity index (χ0v) is 14.4. The van der Waals surface area contributed by atoms with Gasteiger partial charge in [-0.2, -0.15) is 13.2 Å². The number of aromatic nitrogens is 3. The van der Waals surface area contributed by atoms with Gasteiger partial charge in [-0.15, -0.1) is 11.3 Å². The van der Waals surface area contributed by atoms with Gasteiger partial charge in [-0.05, 0) is 31.4 Å². The predicted molar refractivity (Wildman–Crippen MR) is 90.1 cm³/mol. The summed E-state index contributed by atoms with van der Waals surface area (Å²) in [6.45, 7) is 1.86. The monoisotopic (exact) mass is 367 g/mol. The molecule has 0 aliphatic rings. The first-order valence-corrected chi connectivity index (χ1v) is 8.95. The minimum atomic E-state index is -4.34. The molecule has 24 heavy (non-hydrogen) atoms. The van der Waals surface area contributed by atoms with E-state index in [1.54, 1.807) is 12.3 Å². The average molecular weight is 367 g/mol. The van der Waals surface area contributed by atoms with E-state index in [0.29, 0.717) is 15.7 Å². The molecule has 1 aromatic carbocycles. The minimum Gasteiger partial charge on any atom is -0.241 e. The molecular weight excluding hydrogens is 355 g/mol. The number of nitrogens with zero attached hydrogens (tertiary/aromatic N) is 3. The molecule has 0 aliphatic heterocycles. The summed E-state index contributed by atoms with van der Waals surface area (Å²) in [6.07, 6.45) is -0.755. The Balaban J connectivity index is 1.96. The fourth-order valence-electron chi connectivity index (χ4n) is 2.12. The zero-order chi connectivity index (χ0) is 17.3. The highest BCUT2D eigenvalue weighted by Crippen LogP contribution is 2.36. The van der Waals surface area contributed by atoms with E-state index in [2.05, 4.69) is 15.0 Å². The van der Waals surface area contributed by atoms with Gasteiger partial charge in [-0.25, -0.2) is 15.0 Å². The molecule has 0 saturated carbocycles. The van der Waals surface area contributed by atoms with Crippen molar-refractivity contribution >= 4 is 23.1 Å². The second-order valence-corrected chi connectivity index (χ2v) is 6.71. The van der Waals surface area contributed by atoms with Crippen LogP contribution in [0.2, 0.25) is 0 Å². The molecule has 0 unspecified atom stereocenters. The summed E-state index contributed by atoms with van der Waals surface area (Å²) in [5.74, 6) is 0. The van der Waals surface area contributed by atoms with Crippen molar-refractivity contribution in [1.82, 2.24) is 15.0 Å². The quantitative estimate of drug-likeness (QED) is 0.464. The van der Waals surface area contributed by atoms with Crippen molar-refractivity contribution in [2.24, 2.45) is 0 Å². The second kappa shape index (κ2) is 6.52. The van der Waals surface area contributed by atoms with Crippen LogP contribution in [-0.4, -0.2) is 21.2 Å². The minimum absolute atomic E-state index is 0.654. The maximum atomic E-state index is 12.7. The van der Waals surface area contributed by atoms with Crippen LogP contribution in [-0.2, 0) is 6.18 Å². The molecule has 2 heterocycles. The summed E-state index contributed by atoms with van der Waals surface area (Å²) < 4.78 is 38.0. The maximum Gasteiger partial charge on any atom is 0.416 e. The van der Waals surface area contributed by atoms with Crippen molar-refractivity contribution in [3.05, 3.63) is 47.8 Å². The fraction of sp³-hybridized carbons (Fsp3) is 0.188. The zero-order valence-electron chi connectivity index (χ0n) is 12.8. The molecule has 0 bridgehead atoms. The Morgan fingerprint density at radius 2 is 1.75 bits per heavy atom. The van der Waals surface area contributed by atoms with E-state index < -0.39 is 11.7 Å². The van der Waals surface area contributed by atoms with Crippen molar-refractivity contribution in [3.63, 3.8) is 0 Å². The van der Waals surface area contributed by atoms with E-state index in [1.807, 2.05) is 13.2 Å². The number of thiazole rings is 1. The van der Waals surface area contributed by atoms with E-state index in [4.69, 9.17) is 0 Å². The second-order valence-electron chi connectivity index (χ2n) is 4.94. The highest BCUT2D eigenvalue weighted by atomic mass is 32.2. The Labute approximate surface area is 145 Å². The van der Waals surface area contributed by atoms with Gasteiger partial charge in [0.1, 0.15) is 5.01 Å². The van der Waals surface area contributed by atoms with Crippen LogP contribution in [0.25, 0.3) is 21.1 Å². The van der Waals surface area contributed by atoms with Crippen LogP contribution in [0.5, 0.6) is 0 Å². The lowest BCUT2D eigenvalue weighted by atomic mass is 10.1. The first-order valence-electron chi connectivity index (χ1n) is 6.91. The van der Waals surface area contributed by atoms with Crippen molar-refractivity contribution in [2.75, 3.05) is 6.26 Å². The molecule has 0 saturated heterocycles. The molecule has 0 aliphatic carbocycles. The number of aryl methyl sites for hydroxylation is 1. The summed E-state index contributed by atoms with van der Waals surface area (Å²) in [5, 5.41) is 1.33. The third-order valence-electron chi connectivity index (χ3n) is 3.30. The van der Waals surface area contributed by atoms with Gasteiger partial charge in [-0.3, -0.25) is 0 Å². The van der Waals surface area contributed by atoms with Crippen LogP contribution in [0.3, 0.4) is 0 Å². The number of rotatable bonds is 3. The maximum absolute atomic E-state index is 12.7. The lowest BCUT2D eigenvalue weighted by molar-refractivity contribution is -0.137. The topological polar surface area (TPSA) is 38.7 Å². The molecule has 0 fully saturated rings. The van der Waals surface area contributed by atoms with Crippen molar-refractivity contribution in [3.8, 4) is 21.1 Å². The smallest absolute Gasteiger partial charge is 0.241 e. The van der Waals surface area contributed by atoms with Gasteiger partial charge in [0.15, 0.2) is 5.16 Å². The van der Waals surface area contributed by atoms with Gasteiger partial charge in [0.25, 0.3) is 0 Å². The molecule has 8 heteroatoms. The summed E-state index contributed by atoms with van der Waals surface area (Å²) in [5.41, 5.74) is 1.55. The Morgan fingerprint density at radius 1 is 1.04 bits per heavy atom. The SMILES string of the molecule is CSc1nccc(-c2sc(-c3ccc(C(F)(F)F)cc3)nc2C)n1. The van der Waals surface area contributed by atoms with Crippen LogP contribution in [0.1, 0.15) is 11.3 Å². The Morgan fingerprint density at radius 3 is 2.38 bits per heavy atom. The Hall–Kier alpha value is -1.93. The molecule has 0 radical (unpaired) electrons. The van der Waals surface area contributed by atoms with Crippen molar-refractivity contribution in [1.29, 1.82) is 0 Å². The van der Waals surface area contributed by atoms with Crippen molar-refractivity contribution < 1.29 is 13.2 Å². The summed E-state index contributed by atoms with van der Waals surface area (Å²) >= 11 is 2.85. The summed E-state index contributed by atoms with van der Waals surface area (Å²) in [7, 11) is 0. The van der Waals surface area contributed by atoms with Crippen LogP contribution in [0.4, 0.5) is 13.2 Å². The molecular formula is C16H12F3N3S2. The number of hydrogen-bond donors (Lipinski definition) is 0. The average Bonchev–Trinajstić information content (AvgIpc) is 2.96. The Bertz CT molecular complexity index is 858.